The molecule has 0 amide bonds. The molecule has 1 saturated heterocycles. The Morgan fingerprint density at radius 1 is 1.22 bits per heavy atom. The van der Waals surface area contributed by atoms with Crippen LogP contribution in [0, 0.1) is 19.8 Å². The lowest BCUT2D eigenvalue weighted by Gasteiger charge is -2.29. The Morgan fingerprint density at radius 3 is 2.50 bits per heavy atom. The molecule has 0 saturated carbocycles. The maximum atomic E-state index is 6.46. The number of piperidine rings is 1. The van der Waals surface area contributed by atoms with Gasteiger partial charge < -0.3 is 15.8 Å². The number of benzene rings is 1. The Balaban J connectivity index is 2.24. The maximum absolute atomic E-state index is 6.46. The first-order chi connectivity index (χ1) is 8.65. The summed E-state index contributed by atoms with van der Waals surface area (Å²) in [4.78, 5) is 0. The molecule has 1 atom stereocenters. The lowest BCUT2D eigenvalue weighted by molar-refractivity contribution is 0.321. The third-order valence-corrected chi connectivity index (χ3v) is 4.25. The van der Waals surface area contributed by atoms with E-state index in [1.54, 1.807) is 7.11 Å². The van der Waals surface area contributed by atoms with E-state index >= 15 is 0 Å². The van der Waals surface area contributed by atoms with Crippen molar-refractivity contribution in [3.05, 3.63) is 28.8 Å². The lowest BCUT2D eigenvalue weighted by Crippen LogP contribution is -2.34. The van der Waals surface area contributed by atoms with Gasteiger partial charge in [0.2, 0.25) is 0 Å². The molecular weight excluding hydrogens is 224 g/mol. The van der Waals surface area contributed by atoms with Crippen LogP contribution in [0.1, 0.15) is 35.6 Å². The van der Waals surface area contributed by atoms with E-state index in [0.717, 1.165) is 18.8 Å². The molecule has 1 aromatic carbocycles. The second-order valence-electron chi connectivity index (χ2n) is 5.22. The molecule has 2 rings (SSSR count). The van der Waals surface area contributed by atoms with Gasteiger partial charge in [-0.3, -0.25) is 0 Å². The summed E-state index contributed by atoms with van der Waals surface area (Å²) in [5, 5.41) is 3.39. The molecule has 18 heavy (non-hydrogen) atoms. The molecule has 100 valence electrons. The standard InChI is InChI=1S/C15H24N2O/c1-10-11(2)14(18-3)5-4-13(10)15(16)12-6-8-17-9-7-12/h4-5,12,15,17H,6-9,16H2,1-3H3. The molecule has 3 N–H and O–H groups in total. The summed E-state index contributed by atoms with van der Waals surface area (Å²) in [5.74, 6) is 1.55. The molecular formula is C15H24N2O. The van der Waals surface area contributed by atoms with Crippen molar-refractivity contribution in [2.45, 2.75) is 32.7 Å². The third-order valence-electron chi connectivity index (χ3n) is 4.25. The van der Waals surface area contributed by atoms with Crippen molar-refractivity contribution in [3.63, 3.8) is 0 Å². The first-order valence-electron chi connectivity index (χ1n) is 6.75. The first-order valence-corrected chi connectivity index (χ1v) is 6.75. The maximum Gasteiger partial charge on any atom is 0.122 e. The molecule has 0 aliphatic carbocycles. The Morgan fingerprint density at radius 2 is 1.89 bits per heavy atom. The molecule has 1 aromatic rings. The number of hydrogen-bond donors (Lipinski definition) is 2. The van der Waals surface area contributed by atoms with E-state index in [-0.39, 0.29) is 6.04 Å². The number of ether oxygens (including phenoxy) is 1. The molecule has 1 aliphatic heterocycles. The van der Waals surface area contributed by atoms with Crippen molar-refractivity contribution in [3.8, 4) is 5.75 Å². The largest absolute Gasteiger partial charge is 0.496 e. The summed E-state index contributed by atoms with van der Waals surface area (Å²) >= 11 is 0. The van der Waals surface area contributed by atoms with Gasteiger partial charge in [-0.25, -0.2) is 0 Å². The quantitative estimate of drug-likeness (QED) is 0.863. The Bertz CT molecular complexity index is 411. The lowest BCUT2D eigenvalue weighted by atomic mass is 9.84. The van der Waals surface area contributed by atoms with Crippen LogP contribution in [-0.4, -0.2) is 20.2 Å². The van der Waals surface area contributed by atoms with E-state index < -0.39 is 0 Å². The summed E-state index contributed by atoms with van der Waals surface area (Å²) in [7, 11) is 1.72. The topological polar surface area (TPSA) is 47.3 Å². The van der Waals surface area contributed by atoms with Crippen molar-refractivity contribution in [1.29, 1.82) is 0 Å². The van der Waals surface area contributed by atoms with Crippen LogP contribution < -0.4 is 15.8 Å². The van der Waals surface area contributed by atoms with Crippen molar-refractivity contribution < 1.29 is 4.74 Å². The molecule has 0 aromatic heterocycles. The van der Waals surface area contributed by atoms with E-state index in [1.165, 1.54) is 29.5 Å². The Kier molecular flexibility index (Phi) is 4.25. The molecule has 1 heterocycles. The van der Waals surface area contributed by atoms with Gasteiger partial charge in [0.15, 0.2) is 0 Å². The zero-order valence-corrected chi connectivity index (χ0v) is 11.6. The average Bonchev–Trinajstić information content (AvgIpc) is 2.42. The normalized spacial score (nSPS) is 18.7. The predicted molar refractivity (Wildman–Crippen MR) is 75.0 cm³/mol. The van der Waals surface area contributed by atoms with Gasteiger partial charge in [-0.2, -0.15) is 0 Å². The van der Waals surface area contributed by atoms with E-state index in [1.807, 2.05) is 6.07 Å². The fraction of sp³-hybridized carbons (Fsp3) is 0.600. The molecule has 1 aliphatic rings. The molecule has 0 spiro atoms. The Labute approximate surface area is 110 Å². The van der Waals surface area contributed by atoms with E-state index in [2.05, 4.69) is 25.2 Å². The molecule has 3 nitrogen and oxygen atoms in total. The van der Waals surface area contributed by atoms with Crippen molar-refractivity contribution in [2.75, 3.05) is 20.2 Å². The second kappa shape index (κ2) is 5.72. The van der Waals surface area contributed by atoms with E-state index in [4.69, 9.17) is 10.5 Å². The summed E-state index contributed by atoms with van der Waals surface area (Å²) in [6, 6.07) is 4.32. The summed E-state index contributed by atoms with van der Waals surface area (Å²) in [5.41, 5.74) is 10.2. The highest BCUT2D eigenvalue weighted by atomic mass is 16.5. The van der Waals surface area contributed by atoms with Crippen LogP contribution in [0.2, 0.25) is 0 Å². The van der Waals surface area contributed by atoms with Crippen LogP contribution in [-0.2, 0) is 0 Å². The number of hydrogen-bond acceptors (Lipinski definition) is 3. The fourth-order valence-electron chi connectivity index (χ4n) is 2.86. The van der Waals surface area contributed by atoms with Crippen molar-refractivity contribution >= 4 is 0 Å². The van der Waals surface area contributed by atoms with Crippen LogP contribution in [0.25, 0.3) is 0 Å². The molecule has 1 unspecified atom stereocenters. The summed E-state index contributed by atoms with van der Waals surface area (Å²) in [6.45, 7) is 6.43. The minimum atomic E-state index is 0.150. The highest BCUT2D eigenvalue weighted by Gasteiger charge is 2.23. The minimum absolute atomic E-state index is 0.150. The van der Waals surface area contributed by atoms with Gasteiger partial charge in [0.05, 0.1) is 7.11 Å². The van der Waals surface area contributed by atoms with Gasteiger partial charge in [-0.05, 0) is 68.5 Å². The van der Waals surface area contributed by atoms with E-state index in [0.29, 0.717) is 5.92 Å². The second-order valence-corrected chi connectivity index (χ2v) is 5.22. The number of nitrogens with two attached hydrogens (primary N) is 1. The molecule has 3 heteroatoms. The van der Waals surface area contributed by atoms with Crippen LogP contribution in [0.15, 0.2) is 12.1 Å². The van der Waals surface area contributed by atoms with Gasteiger partial charge in [0.1, 0.15) is 5.75 Å². The summed E-state index contributed by atoms with van der Waals surface area (Å²) in [6.07, 6.45) is 2.34. The minimum Gasteiger partial charge on any atom is -0.496 e. The smallest absolute Gasteiger partial charge is 0.122 e. The zero-order valence-electron chi connectivity index (χ0n) is 11.6. The van der Waals surface area contributed by atoms with Crippen LogP contribution >= 0.6 is 0 Å². The van der Waals surface area contributed by atoms with Gasteiger partial charge in [0.25, 0.3) is 0 Å². The van der Waals surface area contributed by atoms with Gasteiger partial charge >= 0.3 is 0 Å². The molecule has 1 fully saturated rings. The van der Waals surface area contributed by atoms with Gasteiger partial charge in [-0.15, -0.1) is 0 Å². The van der Waals surface area contributed by atoms with Crippen LogP contribution in [0.4, 0.5) is 0 Å². The first kappa shape index (κ1) is 13.4. The van der Waals surface area contributed by atoms with Crippen LogP contribution in [0.3, 0.4) is 0 Å². The predicted octanol–water partition coefficient (Wildman–Crippen LogP) is 2.31. The average molecular weight is 248 g/mol. The highest BCUT2D eigenvalue weighted by Crippen LogP contribution is 2.32. The molecule has 0 radical (unpaired) electrons. The zero-order chi connectivity index (χ0) is 13.1. The van der Waals surface area contributed by atoms with E-state index in [9.17, 15) is 0 Å². The molecule has 0 bridgehead atoms. The number of nitrogens with one attached hydrogen (secondary N) is 1. The van der Waals surface area contributed by atoms with Crippen LogP contribution in [0.5, 0.6) is 5.75 Å². The number of methoxy groups -OCH3 is 1. The highest BCUT2D eigenvalue weighted by molar-refractivity contribution is 5.44. The number of rotatable bonds is 3. The third kappa shape index (κ3) is 2.52. The van der Waals surface area contributed by atoms with Gasteiger partial charge in [-0.1, -0.05) is 6.07 Å². The Hall–Kier alpha value is -1.06. The SMILES string of the molecule is COc1ccc(C(N)C2CCNCC2)c(C)c1C. The van der Waals surface area contributed by atoms with Gasteiger partial charge in [0, 0.05) is 6.04 Å². The monoisotopic (exact) mass is 248 g/mol. The fourth-order valence-corrected chi connectivity index (χ4v) is 2.86. The van der Waals surface area contributed by atoms with Crippen molar-refractivity contribution in [1.82, 2.24) is 5.32 Å². The van der Waals surface area contributed by atoms with Crippen molar-refractivity contribution in [2.24, 2.45) is 11.7 Å². The summed E-state index contributed by atoms with van der Waals surface area (Å²) < 4.78 is 5.36.